The van der Waals surface area contributed by atoms with Crippen LogP contribution in [-0.2, 0) is 12.7 Å². The van der Waals surface area contributed by atoms with Crippen molar-refractivity contribution in [2.75, 3.05) is 5.32 Å². The van der Waals surface area contributed by atoms with Gasteiger partial charge in [0.2, 0.25) is 0 Å². The summed E-state index contributed by atoms with van der Waals surface area (Å²) in [5, 5.41) is 12.7. The number of nitrogens with zero attached hydrogens (tertiary/aromatic N) is 2. The number of rotatable bonds is 3. The number of alkyl halides is 3. The molecule has 7 heteroatoms. The monoisotopic (exact) mass is 297 g/mol. The van der Waals surface area contributed by atoms with Gasteiger partial charge in [0.25, 0.3) is 0 Å². The summed E-state index contributed by atoms with van der Waals surface area (Å²) in [6.07, 6.45) is -2.80. The average Bonchev–Trinajstić information content (AvgIpc) is 2.80. The van der Waals surface area contributed by atoms with E-state index in [4.69, 9.17) is 5.26 Å². The molecule has 0 aliphatic carbocycles. The number of anilines is 1. The van der Waals surface area contributed by atoms with Crippen LogP contribution in [0.1, 0.15) is 21.0 Å². The van der Waals surface area contributed by atoms with Crippen LogP contribution in [0.3, 0.4) is 0 Å². The van der Waals surface area contributed by atoms with Gasteiger partial charge in [0.1, 0.15) is 0 Å². The predicted molar refractivity (Wildman–Crippen MR) is 70.3 cm³/mol. The normalized spacial score (nSPS) is 11.2. The molecule has 0 aliphatic heterocycles. The van der Waals surface area contributed by atoms with Crippen LogP contribution >= 0.6 is 11.3 Å². The van der Waals surface area contributed by atoms with Gasteiger partial charge in [-0.1, -0.05) is 0 Å². The van der Waals surface area contributed by atoms with Gasteiger partial charge < -0.3 is 5.32 Å². The van der Waals surface area contributed by atoms with E-state index >= 15 is 0 Å². The number of thiazole rings is 1. The van der Waals surface area contributed by atoms with Crippen molar-refractivity contribution in [3.8, 4) is 6.07 Å². The van der Waals surface area contributed by atoms with Gasteiger partial charge in [0.15, 0.2) is 0 Å². The summed E-state index contributed by atoms with van der Waals surface area (Å²) in [6.45, 7) is 2.34. The third kappa shape index (κ3) is 3.27. The topological polar surface area (TPSA) is 48.7 Å². The fraction of sp³-hybridized carbons (Fsp3) is 0.231. The van der Waals surface area contributed by atoms with Crippen molar-refractivity contribution in [1.82, 2.24) is 4.98 Å². The highest BCUT2D eigenvalue weighted by molar-refractivity contribution is 7.11. The quantitative estimate of drug-likeness (QED) is 0.933. The summed E-state index contributed by atoms with van der Waals surface area (Å²) < 4.78 is 37.9. The number of nitriles is 1. The first-order chi connectivity index (χ1) is 9.40. The number of hydrogen-bond donors (Lipinski definition) is 1. The molecule has 0 saturated carbocycles. The zero-order valence-corrected chi connectivity index (χ0v) is 11.3. The van der Waals surface area contributed by atoms with Crippen molar-refractivity contribution in [1.29, 1.82) is 5.26 Å². The van der Waals surface area contributed by atoms with Gasteiger partial charge in [-0.3, -0.25) is 0 Å². The zero-order valence-electron chi connectivity index (χ0n) is 10.5. The lowest BCUT2D eigenvalue weighted by Gasteiger charge is -2.11. The fourth-order valence-electron chi connectivity index (χ4n) is 1.67. The van der Waals surface area contributed by atoms with Crippen LogP contribution in [0.25, 0.3) is 0 Å². The summed E-state index contributed by atoms with van der Waals surface area (Å²) in [7, 11) is 0. The Hall–Kier alpha value is -2.07. The van der Waals surface area contributed by atoms with Gasteiger partial charge in [-0.25, -0.2) is 4.98 Å². The zero-order chi connectivity index (χ0) is 14.8. The number of aryl methyl sites for hydroxylation is 1. The van der Waals surface area contributed by atoms with Crippen LogP contribution < -0.4 is 5.32 Å². The first kappa shape index (κ1) is 14.3. The predicted octanol–water partition coefficient (Wildman–Crippen LogP) is 3.95. The lowest BCUT2D eigenvalue weighted by Crippen LogP contribution is -2.08. The highest BCUT2D eigenvalue weighted by Gasteiger charge is 2.33. The molecule has 0 radical (unpaired) electrons. The van der Waals surface area contributed by atoms with E-state index in [1.807, 2.05) is 6.92 Å². The van der Waals surface area contributed by atoms with Crippen LogP contribution in [0, 0.1) is 18.3 Å². The van der Waals surface area contributed by atoms with E-state index in [0.29, 0.717) is 12.2 Å². The molecule has 0 saturated heterocycles. The SMILES string of the molecule is Cc1ncc(CNc2ccc(C(F)(F)F)c(C#N)c2)s1. The van der Waals surface area contributed by atoms with Crippen LogP contribution in [0.15, 0.2) is 24.4 Å². The minimum Gasteiger partial charge on any atom is -0.380 e. The summed E-state index contributed by atoms with van der Waals surface area (Å²) in [5.41, 5.74) is -0.831. The van der Waals surface area contributed by atoms with E-state index in [0.717, 1.165) is 16.0 Å². The van der Waals surface area contributed by atoms with Crippen LogP contribution in [0.2, 0.25) is 0 Å². The van der Waals surface area contributed by atoms with Crippen LogP contribution in [-0.4, -0.2) is 4.98 Å². The molecule has 1 aromatic carbocycles. The van der Waals surface area contributed by atoms with E-state index in [1.165, 1.54) is 23.5 Å². The smallest absolute Gasteiger partial charge is 0.380 e. The second kappa shape index (κ2) is 5.51. The van der Waals surface area contributed by atoms with E-state index in [1.54, 1.807) is 12.3 Å². The Morgan fingerprint density at radius 1 is 1.40 bits per heavy atom. The minimum atomic E-state index is -4.52. The fourth-order valence-corrected chi connectivity index (χ4v) is 2.40. The number of benzene rings is 1. The molecule has 0 fully saturated rings. The minimum absolute atomic E-state index is 0.386. The standard InChI is InChI=1S/C13H10F3N3S/c1-8-18-6-11(20-8)7-19-10-2-3-12(13(14,15)16)9(4-10)5-17/h2-4,6,19H,7H2,1H3. The van der Waals surface area contributed by atoms with E-state index in [-0.39, 0.29) is 5.56 Å². The van der Waals surface area contributed by atoms with Crippen molar-refractivity contribution in [2.45, 2.75) is 19.6 Å². The molecule has 0 spiro atoms. The largest absolute Gasteiger partial charge is 0.417 e. The Balaban J connectivity index is 2.16. The van der Waals surface area contributed by atoms with Crippen molar-refractivity contribution >= 4 is 17.0 Å². The van der Waals surface area contributed by atoms with Gasteiger partial charge in [0.05, 0.1) is 28.7 Å². The highest BCUT2D eigenvalue weighted by Crippen LogP contribution is 2.33. The molecule has 0 bridgehead atoms. The molecule has 20 heavy (non-hydrogen) atoms. The number of nitrogens with one attached hydrogen (secondary N) is 1. The summed E-state index contributed by atoms with van der Waals surface area (Å²) in [4.78, 5) is 5.06. The number of hydrogen-bond acceptors (Lipinski definition) is 4. The molecule has 1 aromatic heterocycles. The lowest BCUT2D eigenvalue weighted by molar-refractivity contribution is -0.137. The number of aromatic nitrogens is 1. The highest BCUT2D eigenvalue weighted by atomic mass is 32.1. The van der Waals surface area contributed by atoms with Crippen LogP contribution in [0.4, 0.5) is 18.9 Å². The van der Waals surface area contributed by atoms with Crippen molar-refractivity contribution in [2.24, 2.45) is 0 Å². The maximum atomic E-state index is 12.6. The molecule has 0 unspecified atom stereocenters. The van der Waals surface area contributed by atoms with E-state index < -0.39 is 11.7 Å². The Kier molecular flexibility index (Phi) is 3.95. The molecule has 1 N–H and O–H groups in total. The molecule has 2 aromatic rings. The molecule has 0 atom stereocenters. The third-order valence-electron chi connectivity index (χ3n) is 2.58. The Labute approximate surface area is 117 Å². The van der Waals surface area contributed by atoms with Gasteiger partial charge in [-0.05, 0) is 25.1 Å². The first-order valence-corrected chi connectivity index (χ1v) is 6.48. The van der Waals surface area contributed by atoms with E-state index in [9.17, 15) is 13.2 Å². The van der Waals surface area contributed by atoms with Crippen molar-refractivity contribution < 1.29 is 13.2 Å². The molecular formula is C13H10F3N3S. The van der Waals surface area contributed by atoms with Crippen molar-refractivity contribution in [3.05, 3.63) is 45.4 Å². The first-order valence-electron chi connectivity index (χ1n) is 5.66. The number of halogens is 3. The molecule has 0 aliphatic rings. The summed E-state index contributed by atoms with van der Waals surface area (Å²) in [6, 6.07) is 5.01. The molecule has 3 nitrogen and oxygen atoms in total. The van der Waals surface area contributed by atoms with Gasteiger partial charge in [0, 0.05) is 16.8 Å². The average molecular weight is 297 g/mol. The Bertz CT molecular complexity index is 656. The van der Waals surface area contributed by atoms with Gasteiger partial charge in [-0.2, -0.15) is 18.4 Å². The Morgan fingerprint density at radius 3 is 2.70 bits per heavy atom. The molecular weight excluding hydrogens is 287 g/mol. The van der Waals surface area contributed by atoms with E-state index in [2.05, 4.69) is 10.3 Å². The van der Waals surface area contributed by atoms with Crippen LogP contribution in [0.5, 0.6) is 0 Å². The molecule has 2 rings (SSSR count). The maximum absolute atomic E-state index is 12.6. The second-order valence-electron chi connectivity index (χ2n) is 4.07. The van der Waals surface area contributed by atoms with Crippen molar-refractivity contribution in [3.63, 3.8) is 0 Å². The molecule has 104 valence electrons. The molecule has 0 amide bonds. The van der Waals surface area contributed by atoms with Gasteiger partial charge in [-0.15, -0.1) is 11.3 Å². The summed E-state index contributed by atoms with van der Waals surface area (Å²) in [5.74, 6) is 0. The second-order valence-corrected chi connectivity index (χ2v) is 5.39. The molecule has 1 heterocycles. The van der Waals surface area contributed by atoms with Gasteiger partial charge >= 0.3 is 6.18 Å². The lowest BCUT2D eigenvalue weighted by atomic mass is 10.1. The summed E-state index contributed by atoms with van der Waals surface area (Å²) >= 11 is 1.51. The maximum Gasteiger partial charge on any atom is 0.417 e. The Morgan fingerprint density at radius 2 is 2.15 bits per heavy atom. The third-order valence-corrected chi connectivity index (χ3v) is 3.49.